The lowest BCUT2D eigenvalue weighted by molar-refractivity contribution is -0.233. The highest BCUT2D eigenvalue weighted by molar-refractivity contribution is 7.88. The number of nitrogens with one attached hydrogen (secondary N) is 3. The number of carboxylic acid groups (broad SMARTS) is 1. The predicted octanol–water partition coefficient (Wildman–Crippen LogP) is 7.73. The van der Waals surface area contributed by atoms with Gasteiger partial charge in [-0.2, -0.15) is 0 Å². The number of aromatic carboxylic acids is 1. The van der Waals surface area contributed by atoms with Crippen molar-refractivity contribution in [1.82, 2.24) is 15.4 Å². The van der Waals surface area contributed by atoms with Crippen LogP contribution in [-0.2, 0) is 10.0 Å². The van der Waals surface area contributed by atoms with Gasteiger partial charge in [-0.25, -0.2) is 22.7 Å². The van der Waals surface area contributed by atoms with Crippen molar-refractivity contribution in [2.75, 3.05) is 19.3 Å². The number of sulfonamides is 1. The van der Waals surface area contributed by atoms with Crippen molar-refractivity contribution in [1.29, 1.82) is 0 Å². The van der Waals surface area contributed by atoms with E-state index in [2.05, 4.69) is 75.6 Å². The van der Waals surface area contributed by atoms with E-state index in [0.29, 0.717) is 41.1 Å². The highest BCUT2D eigenvalue weighted by atomic mass is 32.2. The number of hydrogen-bond acceptors (Lipinski definition) is 4. The van der Waals surface area contributed by atoms with Crippen molar-refractivity contribution in [3.05, 3.63) is 47.5 Å². The highest BCUT2D eigenvalue weighted by Crippen LogP contribution is 2.77. The van der Waals surface area contributed by atoms with E-state index >= 15 is 0 Å². The molecule has 5 fully saturated rings. The molecule has 0 radical (unpaired) electrons. The molecule has 49 heavy (non-hydrogen) atoms. The van der Waals surface area contributed by atoms with Crippen molar-refractivity contribution in [3.8, 4) is 0 Å². The zero-order valence-electron chi connectivity index (χ0n) is 31.0. The van der Waals surface area contributed by atoms with Crippen LogP contribution < -0.4 is 15.4 Å². The normalized spacial score (nSPS) is 41.0. The SMILES string of the molecule is C=C(C)[C@@H]1CC[C@]2(NC(=O)NCCNS(C)(=O)=O)CC[C@]3(C)[C@H](CC[C@@H]4[C@@]5(C)CCC(c6ccc(C(=O)O)cc6)C(C)(C)[C@@H]5CC[C@]43C)[C@@H]12. The molecule has 0 heterocycles. The quantitative estimate of drug-likeness (QED) is 0.164. The maximum Gasteiger partial charge on any atom is 0.335 e. The summed E-state index contributed by atoms with van der Waals surface area (Å²) in [6.07, 6.45) is 12.4. The fourth-order valence-corrected chi connectivity index (χ4v) is 14.0. The molecular weight excluding hydrogens is 635 g/mol. The van der Waals surface area contributed by atoms with E-state index in [1.54, 1.807) is 12.1 Å². The van der Waals surface area contributed by atoms with Gasteiger partial charge in [-0.05, 0) is 146 Å². The minimum atomic E-state index is -3.30. The summed E-state index contributed by atoms with van der Waals surface area (Å²) in [6.45, 7) is 19.9. The maximum atomic E-state index is 13.4. The molecule has 0 bridgehead atoms. The average molecular weight is 696 g/mol. The van der Waals surface area contributed by atoms with Gasteiger partial charge in [0.1, 0.15) is 0 Å². The molecule has 0 aliphatic heterocycles. The molecule has 2 amide bonds. The number of hydrogen-bond donors (Lipinski definition) is 4. The van der Waals surface area contributed by atoms with E-state index < -0.39 is 16.0 Å². The van der Waals surface area contributed by atoms with Crippen LogP contribution in [0.25, 0.3) is 0 Å². The van der Waals surface area contributed by atoms with Crippen LogP contribution in [0.2, 0.25) is 0 Å². The predicted molar refractivity (Wildman–Crippen MR) is 195 cm³/mol. The molecule has 1 aromatic rings. The number of fused-ring (bicyclic) bond motifs is 7. The van der Waals surface area contributed by atoms with Crippen LogP contribution in [0, 0.1) is 51.2 Å². The first-order chi connectivity index (χ1) is 22.8. The van der Waals surface area contributed by atoms with Gasteiger partial charge < -0.3 is 15.7 Å². The Hall–Kier alpha value is -2.39. The zero-order chi connectivity index (χ0) is 35.8. The van der Waals surface area contributed by atoms with Gasteiger partial charge in [0.2, 0.25) is 10.0 Å². The van der Waals surface area contributed by atoms with E-state index in [1.807, 2.05) is 0 Å². The van der Waals surface area contributed by atoms with Crippen molar-refractivity contribution in [2.24, 2.45) is 51.2 Å². The van der Waals surface area contributed by atoms with Gasteiger partial charge in [-0.3, -0.25) is 0 Å². The van der Waals surface area contributed by atoms with E-state index in [9.17, 15) is 23.1 Å². The molecule has 1 unspecified atom stereocenters. The fourth-order valence-electron chi connectivity index (χ4n) is 13.5. The molecule has 0 saturated heterocycles. The van der Waals surface area contributed by atoms with Crippen molar-refractivity contribution in [3.63, 3.8) is 0 Å². The lowest BCUT2D eigenvalue weighted by Gasteiger charge is -2.73. The number of carbonyl (C=O) groups is 2. The molecule has 10 atom stereocenters. The summed E-state index contributed by atoms with van der Waals surface area (Å²) in [7, 11) is -3.30. The number of amides is 2. The molecule has 1 aromatic carbocycles. The number of rotatable bonds is 8. The van der Waals surface area contributed by atoms with Crippen LogP contribution in [0.1, 0.15) is 128 Å². The smallest absolute Gasteiger partial charge is 0.335 e. The standard InChI is InChI=1S/C40H61N3O5S/c1-25(2)28-15-20-40(43-35(46)41-23-24-42-49(8,47)48)22-21-38(6)30(33(28)40)13-14-32-37(5)18-16-29(26-9-11-27(12-10-26)34(44)45)36(3,4)31(37)17-19-39(32,38)7/h9-12,28-33,42H,1,13-24H2,2-8H3,(H,44,45)(H2,41,43,46)/t28-,29?,30+,31-,32+,33+,37-,38+,39+,40-/m0/s1. The van der Waals surface area contributed by atoms with Gasteiger partial charge in [0.05, 0.1) is 11.8 Å². The summed E-state index contributed by atoms with van der Waals surface area (Å²) in [5.41, 5.74) is 3.27. The highest BCUT2D eigenvalue weighted by Gasteiger charge is 2.71. The Morgan fingerprint density at radius 2 is 1.55 bits per heavy atom. The second kappa shape index (κ2) is 12.4. The molecule has 5 aliphatic rings. The Bertz CT molecular complexity index is 1590. The Morgan fingerprint density at radius 1 is 0.857 bits per heavy atom. The first kappa shape index (κ1) is 36.4. The van der Waals surface area contributed by atoms with Crippen molar-refractivity contribution >= 4 is 22.0 Å². The summed E-state index contributed by atoms with van der Waals surface area (Å²) in [5, 5.41) is 15.9. The first-order valence-corrected chi connectivity index (χ1v) is 20.7. The molecule has 0 spiro atoms. The molecule has 4 N–H and O–H groups in total. The maximum absolute atomic E-state index is 13.4. The van der Waals surface area contributed by atoms with Crippen molar-refractivity contribution < 1.29 is 23.1 Å². The van der Waals surface area contributed by atoms with Gasteiger partial charge in [0.15, 0.2) is 0 Å². The third kappa shape index (κ3) is 5.87. The van der Waals surface area contributed by atoms with Crippen LogP contribution in [-0.4, -0.2) is 50.4 Å². The minimum absolute atomic E-state index is 0.100. The molecule has 5 aliphatic carbocycles. The summed E-state index contributed by atoms with van der Waals surface area (Å²) in [4.78, 5) is 24.9. The zero-order valence-corrected chi connectivity index (χ0v) is 31.8. The molecular formula is C40H61N3O5S. The number of urea groups is 1. The van der Waals surface area contributed by atoms with Gasteiger partial charge in [-0.15, -0.1) is 0 Å². The number of allylic oxidation sites excluding steroid dienone is 1. The second-order valence-electron chi connectivity index (χ2n) is 18.2. The molecule has 0 aromatic heterocycles. The van der Waals surface area contributed by atoms with Gasteiger partial charge in [-0.1, -0.05) is 58.9 Å². The van der Waals surface area contributed by atoms with E-state index in [-0.39, 0.29) is 46.3 Å². The van der Waals surface area contributed by atoms with Gasteiger partial charge in [0, 0.05) is 18.6 Å². The van der Waals surface area contributed by atoms with Crippen LogP contribution in [0.15, 0.2) is 36.4 Å². The Labute approximate surface area is 295 Å². The monoisotopic (exact) mass is 695 g/mol. The summed E-state index contributed by atoms with van der Waals surface area (Å²) in [5.74, 6) is 1.98. The van der Waals surface area contributed by atoms with Gasteiger partial charge >= 0.3 is 12.0 Å². The van der Waals surface area contributed by atoms with Crippen LogP contribution >= 0.6 is 0 Å². The molecule has 272 valence electrons. The third-order valence-corrected chi connectivity index (χ3v) is 16.5. The fraction of sp³-hybridized carbons (Fsp3) is 0.750. The number of benzene rings is 1. The number of carbonyl (C=O) groups excluding carboxylic acids is 1. The molecule has 9 heteroatoms. The Balaban J connectivity index is 1.25. The largest absolute Gasteiger partial charge is 0.478 e. The lowest BCUT2D eigenvalue weighted by Crippen LogP contribution is -2.69. The first-order valence-electron chi connectivity index (χ1n) is 18.8. The summed E-state index contributed by atoms with van der Waals surface area (Å²) in [6, 6.07) is 7.48. The number of carboxylic acids is 1. The molecule has 6 rings (SSSR count). The summed E-state index contributed by atoms with van der Waals surface area (Å²) < 4.78 is 25.5. The summed E-state index contributed by atoms with van der Waals surface area (Å²) >= 11 is 0. The molecule has 5 saturated carbocycles. The van der Waals surface area contributed by atoms with Crippen molar-refractivity contribution in [2.45, 2.75) is 117 Å². The van der Waals surface area contributed by atoms with Crippen LogP contribution in [0.3, 0.4) is 0 Å². The Kier molecular flexibility index (Phi) is 9.20. The second-order valence-corrected chi connectivity index (χ2v) is 20.1. The van der Waals surface area contributed by atoms with E-state index in [0.717, 1.165) is 38.4 Å². The average Bonchev–Trinajstić information content (AvgIpc) is 3.38. The topological polar surface area (TPSA) is 125 Å². The van der Waals surface area contributed by atoms with E-state index in [1.165, 1.54) is 43.2 Å². The molecule has 8 nitrogen and oxygen atoms in total. The van der Waals surface area contributed by atoms with E-state index in [4.69, 9.17) is 0 Å². The van der Waals surface area contributed by atoms with Crippen LogP contribution in [0.5, 0.6) is 0 Å². The van der Waals surface area contributed by atoms with Crippen LogP contribution in [0.4, 0.5) is 4.79 Å². The Morgan fingerprint density at radius 3 is 2.18 bits per heavy atom. The van der Waals surface area contributed by atoms with Gasteiger partial charge in [0.25, 0.3) is 0 Å². The third-order valence-electron chi connectivity index (χ3n) is 15.8. The minimum Gasteiger partial charge on any atom is -0.478 e. The lowest BCUT2D eigenvalue weighted by atomic mass is 9.32.